The second kappa shape index (κ2) is 5.44. The number of morpholine rings is 1. The summed E-state index contributed by atoms with van der Waals surface area (Å²) < 4.78 is 5.49. The molecule has 5 nitrogen and oxygen atoms in total. The third kappa shape index (κ3) is 2.57. The highest BCUT2D eigenvalue weighted by Crippen LogP contribution is 2.24. The minimum Gasteiger partial charge on any atom is -0.394 e. The minimum absolute atomic E-state index is 0.00821. The first-order chi connectivity index (χ1) is 8.26. The van der Waals surface area contributed by atoms with Gasteiger partial charge in [0, 0.05) is 24.3 Å². The predicted molar refractivity (Wildman–Crippen MR) is 63.8 cm³/mol. The summed E-state index contributed by atoms with van der Waals surface area (Å²) in [5, 5.41) is 18.5. The van der Waals surface area contributed by atoms with Gasteiger partial charge >= 0.3 is 0 Å². The van der Waals surface area contributed by atoms with E-state index in [9.17, 15) is 5.11 Å². The molecule has 1 aliphatic rings. The van der Waals surface area contributed by atoms with E-state index in [1.807, 2.05) is 6.07 Å². The molecule has 0 spiro atoms. The van der Waals surface area contributed by atoms with E-state index in [1.165, 1.54) is 0 Å². The average molecular weight is 238 g/mol. The first-order valence-corrected chi connectivity index (χ1v) is 5.79. The molecule has 94 valence electrons. The fourth-order valence-corrected chi connectivity index (χ4v) is 2.07. The molecule has 1 aromatic heterocycles. The number of pyridine rings is 1. The lowest BCUT2D eigenvalue weighted by Gasteiger charge is -2.39. The Hall–Kier alpha value is -1.17. The van der Waals surface area contributed by atoms with Gasteiger partial charge in [0.2, 0.25) is 0 Å². The maximum Gasteiger partial charge on any atom is 0.0981 e. The Morgan fingerprint density at radius 1 is 1.53 bits per heavy atom. The molecule has 5 heteroatoms. The molecule has 0 aromatic carbocycles. The predicted octanol–water partition coefficient (Wildman–Crippen LogP) is 0.160. The van der Waals surface area contributed by atoms with Gasteiger partial charge in [-0.2, -0.15) is 0 Å². The highest BCUT2D eigenvalue weighted by atomic mass is 16.5. The van der Waals surface area contributed by atoms with Gasteiger partial charge in [-0.05, 0) is 13.0 Å². The lowest BCUT2D eigenvalue weighted by atomic mass is 10.1. The monoisotopic (exact) mass is 238 g/mol. The zero-order chi connectivity index (χ0) is 12.3. The third-order valence-electron chi connectivity index (χ3n) is 3.08. The number of aliphatic hydroxyl groups is 2. The van der Waals surface area contributed by atoms with Gasteiger partial charge in [0.15, 0.2) is 0 Å². The standard InChI is InChI=1S/C12H18N2O3/c1-9-8-17-11(7-16)5-14(9)12-4-13-3-2-10(12)6-15/h2-4,9,11,15-16H,5-8H2,1H3. The number of hydrogen-bond acceptors (Lipinski definition) is 5. The molecule has 2 N–H and O–H groups in total. The number of aliphatic hydroxyl groups excluding tert-OH is 2. The quantitative estimate of drug-likeness (QED) is 0.785. The topological polar surface area (TPSA) is 65.8 Å². The van der Waals surface area contributed by atoms with Crippen molar-refractivity contribution in [2.24, 2.45) is 0 Å². The lowest BCUT2D eigenvalue weighted by molar-refractivity contribution is -0.0104. The van der Waals surface area contributed by atoms with E-state index in [4.69, 9.17) is 9.84 Å². The van der Waals surface area contributed by atoms with Crippen molar-refractivity contribution in [1.29, 1.82) is 0 Å². The van der Waals surface area contributed by atoms with Gasteiger partial charge in [-0.15, -0.1) is 0 Å². The Morgan fingerprint density at radius 2 is 2.35 bits per heavy atom. The van der Waals surface area contributed by atoms with E-state index in [1.54, 1.807) is 12.4 Å². The SMILES string of the molecule is CC1COC(CO)CN1c1cnccc1CO. The van der Waals surface area contributed by atoms with Crippen LogP contribution in [0.3, 0.4) is 0 Å². The van der Waals surface area contributed by atoms with Gasteiger partial charge in [0.1, 0.15) is 0 Å². The van der Waals surface area contributed by atoms with Crippen LogP contribution in [-0.4, -0.2) is 47.1 Å². The second-order valence-corrected chi connectivity index (χ2v) is 4.30. The van der Waals surface area contributed by atoms with Crippen LogP contribution in [0.4, 0.5) is 5.69 Å². The van der Waals surface area contributed by atoms with Crippen molar-refractivity contribution in [2.75, 3.05) is 24.7 Å². The van der Waals surface area contributed by atoms with Crippen LogP contribution < -0.4 is 4.90 Å². The minimum atomic E-state index is -0.169. The van der Waals surface area contributed by atoms with Gasteiger partial charge < -0.3 is 19.8 Å². The van der Waals surface area contributed by atoms with Crippen LogP contribution in [0.25, 0.3) is 0 Å². The Kier molecular flexibility index (Phi) is 3.93. The van der Waals surface area contributed by atoms with E-state index in [0.29, 0.717) is 13.2 Å². The molecule has 0 bridgehead atoms. The molecule has 0 amide bonds. The Labute approximate surface area is 101 Å². The molecule has 2 unspecified atom stereocenters. The maximum atomic E-state index is 9.32. The molecular weight excluding hydrogens is 220 g/mol. The molecular formula is C12H18N2O3. The summed E-state index contributed by atoms with van der Waals surface area (Å²) >= 11 is 0. The van der Waals surface area contributed by atoms with Gasteiger partial charge in [0.25, 0.3) is 0 Å². The van der Waals surface area contributed by atoms with Gasteiger partial charge in [0.05, 0.1) is 37.8 Å². The Bertz CT molecular complexity index is 373. The molecule has 1 fully saturated rings. The molecule has 2 heterocycles. The van der Waals surface area contributed by atoms with Crippen LogP contribution in [0.15, 0.2) is 18.5 Å². The molecule has 0 aliphatic carbocycles. The molecule has 0 saturated carbocycles. The van der Waals surface area contributed by atoms with Crippen molar-refractivity contribution < 1.29 is 14.9 Å². The van der Waals surface area contributed by atoms with Crippen LogP contribution >= 0.6 is 0 Å². The summed E-state index contributed by atoms with van der Waals surface area (Å²) in [5.74, 6) is 0. The van der Waals surface area contributed by atoms with Crippen molar-refractivity contribution in [3.8, 4) is 0 Å². The molecule has 17 heavy (non-hydrogen) atoms. The summed E-state index contributed by atoms with van der Waals surface area (Å²) in [6.07, 6.45) is 3.25. The average Bonchev–Trinajstić information content (AvgIpc) is 2.39. The Balaban J connectivity index is 2.24. The van der Waals surface area contributed by atoms with E-state index < -0.39 is 0 Å². The number of anilines is 1. The van der Waals surface area contributed by atoms with Crippen LogP contribution in [0.1, 0.15) is 12.5 Å². The van der Waals surface area contributed by atoms with Gasteiger partial charge in [-0.25, -0.2) is 0 Å². The molecule has 1 aliphatic heterocycles. The second-order valence-electron chi connectivity index (χ2n) is 4.30. The number of rotatable bonds is 3. The van der Waals surface area contributed by atoms with E-state index in [-0.39, 0.29) is 25.4 Å². The summed E-state index contributed by atoms with van der Waals surface area (Å²) in [6.45, 7) is 3.26. The number of aromatic nitrogens is 1. The van der Waals surface area contributed by atoms with Crippen molar-refractivity contribution in [3.05, 3.63) is 24.0 Å². The molecule has 1 aromatic rings. The molecule has 1 saturated heterocycles. The largest absolute Gasteiger partial charge is 0.394 e. The molecule has 2 rings (SSSR count). The van der Waals surface area contributed by atoms with Gasteiger partial charge in [-0.3, -0.25) is 4.98 Å². The fraction of sp³-hybridized carbons (Fsp3) is 0.583. The first-order valence-electron chi connectivity index (χ1n) is 5.79. The van der Waals surface area contributed by atoms with Crippen molar-refractivity contribution >= 4 is 5.69 Å². The highest BCUT2D eigenvalue weighted by Gasteiger charge is 2.27. The number of ether oxygens (including phenoxy) is 1. The van der Waals surface area contributed by atoms with Crippen molar-refractivity contribution in [3.63, 3.8) is 0 Å². The summed E-state index contributed by atoms with van der Waals surface area (Å²) in [4.78, 5) is 6.23. The number of hydrogen-bond donors (Lipinski definition) is 2. The zero-order valence-electron chi connectivity index (χ0n) is 9.91. The van der Waals surface area contributed by atoms with Crippen LogP contribution in [0, 0.1) is 0 Å². The number of nitrogens with zero attached hydrogens (tertiary/aromatic N) is 2. The third-order valence-corrected chi connectivity index (χ3v) is 3.08. The van der Waals surface area contributed by atoms with Crippen molar-refractivity contribution in [2.45, 2.75) is 25.7 Å². The van der Waals surface area contributed by atoms with Crippen LogP contribution in [0.2, 0.25) is 0 Å². The normalized spacial score (nSPS) is 25.0. The van der Waals surface area contributed by atoms with Crippen LogP contribution in [0.5, 0.6) is 0 Å². The van der Waals surface area contributed by atoms with Crippen molar-refractivity contribution in [1.82, 2.24) is 4.98 Å². The lowest BCUT2D eigenvalue weighted by Crippen LogP contribution is -2.50. The molecule has 0 radical (unpaired) electrons. The fourth-order valence-electron chi connectivity index (χ4n) is 2.07. The first kappa shape index (κ1) is 12.3. The summed E-state index contributed by atoms with van der Waals surface area (Å²) in [6, 6.07) is 2.03. The van der Waals surface area contributed by atoms with E-state index in [0.717, 1.165) is 11.3 Å². The van der Waals surface area contributed by atoms with E-state index in [2.05, 4.69) is 16.8 Å². The van der Waals surface area contributed by atoms with E-state index >= 15 is 0 Å². The van der Waals surface area contributed by atoms with Gasteiger partial charge in [-0.1, -0.05) is 0 Å². The highest BCUT2D eigenvalue weighted by molar-refractivity contribution is 5.52. The Morgan fingerprint density at radius 3 is 3.06 bits per heavy atom. The summed E-state index contributed by atoms with van der Waals surface area (Å²) in [7, 11) is 0. The smallest absolute Gasteiger partial charge is 0.0981 e. The molecule has 2 atom stereocenters. The zero-order valence-corrected chi connectivity index (χ0v) is 9.91. The summed E-state index contributed by atoms with van der Waals surface area (Å²) in [5.41, 5.74) is 1.77. The van der Waals surface area contributed by atoms with Crippen LogP contribution in [-0.2, 0) is 11.3 Å². The maximum absolute atomic E-state index is 9.32.